The summed E-state index contributed by atoms with van der Waals surface area (Å²) in [6, 6.07) is -0.235. The van der Waals surface area contributed by atoms with E-state index in [0.29, 0.717) is 5.75 Å². The second-order valence-corrected chi connectivity index (χ2v) is 6.54. The molecule has 6 heteroatoms. The molecule has 1 aliphatic rings. The lowest BCUT2D eigenvalue weighted by atomic mass is 9.95. The highest BCUT2D eigenvalue weighted by molar-refractivity contribution is 8.23. The van der Waals surface area contributed by atoms with Crippen LogP contribution in [0, 0.1) is 5.41 Å². The molecule has 0 saturated carbocycles. The van der Waals surface area contributed by atoms with Gasteiger partial charge in [-0.15, -0.1) is 0 Å². The SMILES string of the molecule is COC(=O)[C@@H]1CSC(=S)N1CC(C)(C)CS. The van der Waals surface area contributed by atoms with Gasteiger partial charge in [0.2, 0.25) is 0 Å². The van der Waals surface area contributed by atoms with E-state index in [1.165, 1.54) is 18.9 Å². The molecule has 1 saturated heterocycles. The summed E-state index contributed by atoms with van der Waals surface area (Å²) >= 11 is 11.1. The lowest BCUT2D eigenvalue weighted by molar-refractivity contribution is -0.144. The summed E-state index contributed by atoms with van der Waals surface area (Å²) in [6.45, 7) is 4.96. The summed E-state index contributed by atoms with van der Waals surface area (Å²) < 4.78 is 5.57. The van der Waals surface area contributed by atoms with Crippen LogP contribution in [-0.2, 0) is 9.53 Å². The van der Waals surface area contributed by atoms with Gasteiger partial charge >= 0.3 is 5.97 Å². The highest BCUT2D eigenvalue weighted by Gasteiger charge is 2.37. The predicted octanol–water partition coefficient (Wildman–Crippen LogP) is 1.82. The standard InChI is InChI=1S/C10H17NO2S3/c1-10(2,6-14)5-11-7(8(12)13-3)4-16-9(11)15/h7,14H,4-6H2,1-3H3/t7-/m0/s1. The highest BCUT2D eigenvalue weighted by atomic mass is 32.2. The predicted molar refractivity (Wildman–Crippen MR) is 75.2 cm³/mol. The van der Waals surface area contributed by atoms with Crippen molar-refractivity contribution >= 4 is 46.9 Å². The monoisotopic (exact) mass is 279 g/mol. The van der Waals surface area contributed by atoms with E-state index in [0.717, 1.165) is 16.6 Å². The van der Waals surface area contributed by atoms with Gasteiger partial charge in [-0.3, -0.25) is 0 Å². The van der Waals surface area contributed by atoms with Crippen molar-refractivity contribution < 1.29 is 9.53 Å². The number of hydrogen-bond acceptors (Lipinski definition) is 5. The summed E-state index contributed by atoms with van der Waals surface area (Å²) in [7, 11) is 1.41. The zero-order valence-electron chi connectivity index (χ0n) is 9.73. The number of ether oxygens (including phenoxy) is 1. The Morgan fingerprint density at radius 2 is 2.38 bits per heavy atom. The van der Waals surface area contributed by atoms with Crippen LogP contribution < -0.4 is 0 Å². The van der Waals surface area contributed by atoms with E-state index < -0.39 is 0 Å². The fraction of sp³-hybridized carbons (Fsp3) is 0.800. The van der Waals surface area contributed by atoms with Crippen LogP contribution in [0.1, 0.15) is 13.8 Å². The maximum absolute atomic E-state index is 11.6. The van der Waals surface area contributed by atoms with Crippen molar-refractivity contribution in [1.29, 1.82) is 0 Å². The average molecular weight is 279 g/mol. The Morgan fingerprint density at radius 1 is 1.75 bits per heavy atom. The van der Waals surface area contributed by atoms with Crippen LogP contribution >= 0.6 is 36.6 Å². The van der Waals surface area contributed by atoms with Crippen LogP contribution in [0.25, 0.3) is 0 Å². The summed E-state index contributed by atoms with van der Waals surface area (Å²) in [5.74, 6) is 1.24. The molecule has 0 unspecified atom stereocenters. The van der Waals surface area contributed by atoms with Crippen molar-refractivity contribution in [2.45, 2.75) is 19.9 Å². The molecular formula is C10H17NO2S3. The van der Waals surface area contributed by atoms with Gasteiger partial charge in [0.15, 0.2) is 0 Å². The summed E-state index contributed by atoms with van der Waals surface area (Å²) in [5, 5.41) is 0. The molecule has 1 atom stereocenters. The Kier molecular flexibility index (Phi) is 4.94. The van der Waals surface area contributed by atoms with Crippen LogP contribution in [-0.4, -0.2) is 46.4 Å². The molecule has 16 heavy (non-hydrogen) atoms. The normalized spacial score (nSPS) is 21.4. The zero-order valence-corrected chi connectivity index (χ0v) is 12.3. The number of thiol groups is 1. The van der Waals surface area contributed by atoms with Crippen LogP contribution in [0.4, 0.5) is 0 Å². The molecule has 0 bridgehead atoms. The second kappa shape index (κ2) is 5.60. The Bertz CT molecular complexity index is 294. The van der Waals surface area contributed by atoms with E-state index in [4.69, 9.17) is 17.0 Å². The molecule has 92 valence electrons. The molecule has 1 fully saturated rings. The van der Waals surface area contributed by atoms with Gasteiger partial charge in [-0.1, -0.05) is 37.8 Å². The van der Waals surface area contributed by atoms with Crippen molar-refractivity contribution in [1.82, 2.24) is 4.90 Å². The lowest BCUT2D eigenvalue weighted by Gasteiger charge is -2.32. The minimum atomic E-state index is -0.235. The quantitative estimate of drug-likeness (QED) is 0.482. The molecule has 0 aromatic heterocycles. The third-order valence-corrected chi connectivity index (χ3v) is 4.88. The first-order chi connectivity index (χ1) is 7.41. The minimum absolute atomic E-state index is 0.0321. The first kappa shape index (κ1) is 14.1. The topological polar surface area (TPSA) is 29.5 Å². The fourth-order valence-electron chi connectivity index (χ4n) is 1.47. The van der Waals surface area contributed by atoms with Crippen LogP contribution in [0.2, 0.25) is 0 Å². The smallest absolute Gasteiger partial charge is 0.329 e. The van der Waals surface area contributed by atoms with Gasteiger partial charge in [0, 0.05) is 12.3 Å². The summed E-state index contributed by atoms with van der Waals surface area (Å²) in [4.78, 5) is 13.5. The van der Waals surface area contributed by atoms with Gasteiger partial charge in [0.1, 0.15) is 10.4 Å². The molecule has 0 N–H and O–H groups in total. The van der Waals surface area contributed by atoms with Gasteiger partial charge in [0.25, 0.3) is 0 Å². The van der Waals surface area contributed by atoms with Crippen LogP contribution in [0.3, 0.4) is 0 Å². The van der Waals surface area contributed by atoms with E-state index >= 15 is 0 Å². The fourth-order valence-corrected chi connectivity index (χ4v) is 2.94. The minimum Gasteiger partial charge on any atom is -0.467 e. The molecule has 1 heterocycles. The number of carbonyl (C=O) groups is 1. The van der Waals surface area contributed by atoms with Gasteiger partial charge in [0.05, 0.1) is 7.11 Å². The second-order valence-electron chi connectivity index (χ2n) is 4.57. The molecule has 1 aliphatic heterocycles. The number of hydrogen-bond donors (Lipinski definition) is 1. The van der Waals surface area contributed by atoms with Gasteiger partial charge in [-0.2, -0.15) is 12.6 Å². The number of esters is 1. The molecule has 0 aromatic rings. The van der Waals surface area contributed by atoms with E-state index in [2.05, 4.69) is 26.5 Å². The Labute approximate surface area is 112 Å². The molecule has 0 radical (unpaired) electrons. The van der Waals surface area contributed by atoms with Crippen molar-refractivity contribution in [2.24, 2.45) is 5.41 Å². The van der Waals surface area contributed by atoms with Gasteiger partial charge in [-0.25, -0.2) is 4.79 Å². The maximum Gasteiger partial charge on any atom is 0.329 e. The molecule has 0 aliphatic carbocycles. The van der Waals surface area contributed by atoms with Crippen LogP contribution in [0.15, 0.2) is 0 Å². The summed E-state index contributed by atoms with van der Waals surface area (Å²) in [5.41, 5.74) is 0.0321. The van der Waals surface area contributed by atoms with E-state index in [1.807, 2.05) is 4.90 Å². The lowest BCUT2D eigenvalue weighted by Crippen LogP contribution is -2.45. The van der Waals surface area contributed by atoms with E-state index in [-0.39, 0.29) is 17.4 Å². The largest absolute Gasteiger partial charge is 0.467 e. The van der Waals surface area contributed by atoms with Crippen molar-refractivity contribution in [3.63, 3.8) is 0 Å². The van der Waals surface area contributed by atoms with Crippen LogP contribution in [0.5, 0.6) is 0 Å². The Morgan fingerprint density at radius 3 is 2.88 bits per heavy atom. The third kappa shape index (κ3) is 3.28. The van der Waals surface area contributed by atoms with E-state index in [9.17, 15) is 4.79 Å². The number of nitrogens with zero attached hydrogens (tertiary/aromatic N) is 1. The number of rotatable bonds is 4. The number of thioether (sulfide) groups is 1. The van der Waals surface area contributed by atoms with Crippen molar-refractivity contribution in [3.8, 4) is 0 Å². The zero-order chi connectivity index (χ0) is 12.3. The number of thiocarbonyl (C=S) groups is 1. The molecule has 3 nitrogen and oxygen atoms in total. The maximum atomic E-state index is 11.6. The summed E-state index contributed by atoms with van der Waals surface area (Å²) in [6.07, 6.45) is 0. The molecule has 1 rings (SSSR count). The average Bonchev–Trinajstić information content (AvgIpc) is 2.59. The molecule has 0 spiro atoms. The third-order valence-electron chi connectivity index (χ3n) is 2.48. The van der Waals surface area contributed by atoms with Gasteiger partial charge in [-0.05, 0) is 11.2 Å². The Balaban J connectivity index is 2.74. The molecule has 0 aromatic carbocycles. The molecule has 0 amide bonds. The van der Waals surface area contributed by atoms with Gasteiger partial charge < -0.3 is 9.64 Å². The first-order valence-electron chi connectivity index (χ1n) is 5.03. The van der Waals surface area contributed by atoms with Crippen molar-refractivity contribution in [2.75, 3.05) is 25.2 Å². The Hall–Kier alpha value is 0.0600. The van der Waals surface area contributed by atoms with Crippen molar-refractivity contribution in [3.05, 3.63) is 0 Å². The first-order valence-corrected chi connectivity index (χ1v) is 7.06. The van der Waals surface area contributed by atoms with E-state index in [1.54, 1.807) is 0 Å². The number of methoxy groups -OCH3 is 1. The highest BCUT2D eigenvalue weighted by Crippen LogP contribution is 2.29. The molecular weight excluding hydrogens is 262 g/mol. The number of carbonyl (C=O) groups excluding carboxylic acids is 1.